The van der Waals surface area contributed by atoms with E-state index in [1.54, 1.807) is 7.11 Å². The van der Waals surface area contributed by atoms with E-state index in [-0.39, 0.29) is 0 Å². The maximum absolute atomic E-state index is 5.32. The standard InChI is InChI=1S/C18H21NO/c1-13-12-15(10-11-18(13)20-2)19-17-9-5-7-14-6-3-4-8-16(14)17/h3-4,6,8,10-12,17,19H,5,7,9H2,1-2H3. The summed E-state index contributed by atoms with van der Waals surface area (Å²) in [6, 6.07) is 15.5. The maximum Gasteiger partial charge on any atom is 0.121 e. The van der Waals surface area contributed by atoms with Gasteiger partial charge in [-0.15, -0.1) is 0 Å². The fourth-order valence-electron chi connectivity index (χ4n) is 3.07. The predicted molar refractivity (Wildman–Crippen MR) is 83.5 cm³/mol. The molecule has 0 radical (unpaired) electrons. The third-order valence-electron chi connectivity index (χ3n) is 4.11. The molecule has 0 heterocycles. The molecule has 0 saturated heterocycles. The van der Waals surface area contributed by atoms with Gasteiger partial charge in [0.2, 0.25) is 0 Å². The molecule has 3 rings (SSSR count). The summed E-state index contributed by atoms with van der Waals surface area (Å²) in [5.74, 6) is 0.944. The molecule has 1 aliphatic rings. The third kappa shape index (κ3) is 2.51. The molecule has 0 fully saturated rings. The summed E-state index contributed by atoms with van der Waals surface area (Å²) < 4.78 is 5.32. The molecule has 2 nitrogen and oxygen atoms in total. The molecule has 1 aliphatic carbocycles. The second kappa shape index (κ2) is 5.58. The van der Waals surface area contributed by atoms with Crippen molar-refractivity contribution in [1.82, 2.24) is 0 Å². The second-order valence-corrected chi connectivity index (χ2v) is 5.47. The smallest absolute Gasteiger partial charge is 0.121 e. The molecule has 1 N–H and O–H groups in total. The van der Waals surface area contributed by atoms with E-state index in [2.05, 4.69) is 48.6 Å². The Morgan fingerprint density at radius 2 is 2.00 bits per heavy atom. The molecule has 104 valence electrons. The zero-order valence-corrected chi connectivity index (χ0v) is 12.1. The summed E-state index contributed by atoms with van der Waals surface area (Å²) in [5, 5.41) is 3.67. The number of anilines is 1. The first-order valence-electron chi connectivity index (χ1n) is 7.27. The quantitative estimate of drug-likeness (QED) is 0.884. The highest BCUT2D eigenvalue weighted by atomic mass is 16.5. The van der Waals surface area contributed by atoms with Gasteiger partial charge in [0.25, 0.3) is 0 Å². The Hall–Kier alpha value is -1.96. The summed E-state index contributed by atoms with van der Waals surface area (Å²) in [6.07, 6.45) is 3.65. The third-order valence-corrected chi connectivity index (χ3v) is 4.11. The van der Waals surface area contributed by atoms with Gasteiger partial charge in [0, 0.05) is 5.69 Å². The summed E-state index contributed by atoms with van der Waals surface area (Å²) in [5.41, 5.74) is 5.28. The Kier molecular flexibility index (Phi) is 3.64. The second-order valence-electron chi connectivity index (χ2n) is 5.47. The van der Waals surface area contributed by atoms with Crippen molar-refractivity contribution in [3.8, 4) is 5.75 Å². The van der Waals surface area contributed by atoms with Gasteiger partial charge < -0.3 is 10.1 Å². The van der Waals surface area contributed by atoms with Crippen molar-refractivity contribution in [2.45, 2.75) is 32.2 Å². The van der Waals surface area contributed by atoms with Crippen LogP contribution in [-0.4, -0.2) is 7.11 Å². The summed E-state index contributed by atoms with van der Waals surface area (Å²) in [4.78, 5) is 0. The van der Waals surface area contributed by atoms with Gasteiger partial charge in [-0.2, -0.15) is 0 Å². The lowest BCUT2D eigenvalue weighted by Crippen LogP contribution is -2.17. The van der Waals surface area contributed by atoms with Gasteiger partial charge in [-0.3, -0.25) is 0 Å². The Morgan fingerprint density at radius 1 is 1.15 bits per heavy atom. The van der Waals surface area contributed by atoms with Crippen LogP contribution in [0.15, 0.2) is 42.5 Å². The zero-order chi connectivity index (χ0) is 13.9. The molecule has 0 spiro atoms. The number of ether oxygens (including phenoxy) is 1. The van der Waals surface area contributed by atoms with Crippen LogP contribution < -0.4 is 10.1 Å². The normalized spacial score (nSPS) is 17.4. The Bertz CT molecular complexity index is 606. The van der Waals surface area contributed by atoms with Gasteiger partial charge >= 0.3 is 0 Å². The van der Waals surface area contributed by atoms with Crippen LogP contribution in [0.4, 0.5) is 5.69 Å². The van der Waals surface area contributed by atoms with E-state index >= 15 is 0 Å². The first kappa shape index (κ1) is 13.0. The van der Waals surface area contributed by atoms with Crippen molar-refractivity contribution in [2.24, 2.45) is 0 Å². The molecule has 2 heteroatoms. The minimum atomic E-state index is 0.424. The molecule has 0 saturated carbocycles. The van der Waals surface area contributed by atoms with Gasteiger partial charge in [-0.25, -0.2) is 0 Å². The van der Waals surface area contributed by atoms with Crippen molar-refractivity contribution < 1.29 is 4.74 Å². The minimum absolute atomic E-state index is 0.424. The van der Waals surface area contributed by atoms with E-state index in [0.717, 1.165) is 5.75 Å². The average Bonchev–Trinajstić information content (AvgIpc) is 2.48. The van der Waals surface area contributed by atoms with E-state index < -0.39 is 0 Å². The molecule has 0 aliphatic heterocycles. The molecular weight excluding hydrogens is 246 g/mol. The number of aryl methyl sites for hydroxylation is 2. The number of hydrogen-bond donors (Lipinski definition) is 1. The van der Waals surface area contributed by atoms with Crippen molar-refractivity contribution in [3.05, 3.63) is 59.2 Å². The van der Waals surface area contributed by atoms with Crippen molar-refractivity contribution in [3.63, 3.8) is 0 Å². The highest BCUT2D eigenvalue weighted by Gasteiger charge is 2.19. The van der Waals surface area contributed by atoms with E-state index in [1.807, 2.05) is 6.07 Å². The molecule has 0 bridgehead atoms. The number of benzene rings is 2. The molecular formula is C18H21NO. The van der Waals surface area contributed by atoms with Gasteiger partial charge in [0.1, 0.15) is 5.75 Å². The summed E-state index contributed by atoms with van der Waals surface area (Å²) in [7, 11) is 1.72. The van der Waals surface area contributed by atoms with Crippen LogP contribution in [-0.2, 0) is 6.42 Å². The van der Waals surface area contributed by atoms with Gasteiger partial charge in [-0.05, 0) is 61.1 Å². The van der Waals surface area contributed by atoms with Crippen LogP contribution >= 0.6 is 0 Å². The molecule has 0 amide bonds. The van der Waals surface area contributed by atoms with Crippen LogP contribution in [0.2, 0.25) is 0 Å². The number of fused-ring (bicyclic) bond motifs is 1. The van der Waals surface area contributed by atoms with Crippen LogP contribution in [0.5, 0.6) is 5.75 Å². The Morgan fingerprint density at radius 3 is 2.80 bits per heavy atom. The van der Waals surface area contributed by atoms with Crippen molar-refractivity contribution in [1.29, 1.82) is 0 Å². The lowest BCUT2D eigenvalue weighted by Gasteiger charge is -2.27. The van der Waals surface area contributed by atoms with Crippen LogP contribution in [0.25, 0.3) is 0 Å². The summed E-state index contributed by atoms with van der Waals surface area (Å²) in [6.45, 7) is 2.08. The minimum Gasteiger partial charge on any atom is -0.496 e. The van der Waals surface area contributed by atoms with Crippen molar-refractivity contribution >= 4 is 5.69 Å². The summed E-state index contributed by atoms with van der Waals surface area (Å²) >= 11 is 0. The van der Waals surface area contributed by atoms with Crippen LogP contribution in [0.1, 0.15) is 35.6 Å². The van der Waals surface area contributed by atoms with Gasteiger partial charge in [0.15, 0.2) is 0 Å². The molecule has 1 atom stereocenters. The molecule has 2 aromatic carbocycles. The van der Waals surface area contributed by atoms with Gasteiger partial charge in [-0.1, -0.05) is 24.3 Å². The fourth-order valence-corrected chi connectivity index (χ4v) is 3.07. The first-order valence-corrected chi connectivity index (χ1v) is 7.27. The Labute approximate surface area is 120 Å². The Balaban J connectivity index is 1.84. The fraction of sp³-hybridized carbons (Fsp3) is 0.333. The van der Waals surface area contributed by atoms with E-state index in [4.69, 9.17) is 4.74 Å². The largest absolute Gasteiger partial charge is 0.496 e. The predicted octanol–water partition coefficient (Wildman–Crippen LogP) is 4.49. The first-order chi connectivity index (χ1) is 9.78. The highest BCUT2D eigenvalue weighted by Crippen LogP contribution is 2.33. The van der Waals surface area contributed by atoms with Crippen LogP contribution in [0.3, 0.4) is 0 Å². The van der Waals surface area contributed by atoms with E-state index in [0.29, 0.717) is 6.04 Å². The monoisotopic (exact) mass is 267 g/mol. The van der Waals surface area contributed by atoms with E-state index in [9.17, 15) is 0 Å². The van der Waals surface area contributed by atoms with E-state index in [1.165, 1.54) is 41.6 Å². The lowest BCUT2D eigenvalue weighted by molar-refractivity contribution is 0.411. The zero-order valence-electron chi connectivity index (χ0n) is 12.1. The van der Waals surface area contributed by atoms with Crippen LogP contribution in [0, 0.1) is 6.92 Å². The SMILES string of the molecule is COc1ccc(NC2CCCc3ccccc32)cc1C. The maximum atomic E-state index is 5.32. The number of nitrogens with one attached hydrogen (secondary N) is 1. The molecule has 0 aromatic heterocycles. The lowest BCUT2D eigenvalue weighted by atomic mass is 9.87. The van der Waals surface area contributed by atoms with Crippen molar-refractivity contribution in [2.75, 3.05) is 12.4 Å². The highest BCUT2D eigenvalue weighted by molar-refractivity contribution is 5.53. The molecule has 20 heavy (non-hydrogen) atoms. The molecule has 1 unspecified atom stereocenters. The number of methoxy groups -OCH3 is 1. The number of rotatable bonds is 3. The average molecular weight is 267 g/mol. The number of hydrogen-bond acceptors (Lipinski definition) is 2. The van der Waals surface area contributed by atoms with Gasteiger partial charge in [0.05, 0.1) is 13.2 Å². The molecule has 2 aromatic rings. The topological polar surface area (TPSA) is 21.3 Å².